The van der Waals surface area contributed by atoms with E-state index in [9.17, 15) is 19.7 Å². The number of nitro benzene ring substituents is 1. The molecule has 27 heavy (non-hydrogen) atoms. The molecule has 0 radical (unpaired) electrons. The highest BCUT2D eigenvalue weighted by molar-refractivity contribution is 6.04. The van der Waals surface area contributed by atoms with Crippen LogP contribution in [0.5, 0.6) is 0 Å². The maximum absolute atomic E-state index is 12.3. The molecule has 0 bridgehead atoms. The Balaban J connectivity index is 1.62. The van der Waals surface area contributed by atoms with Crippen molar-refractivity contribution in [2.24, 2.45) is 0 Å². The molecule has 0 saturated carbocycles. The molecule has 8 nitrogen and oxygen atoms in total. The first kappa shape index (κ1) is 18.5. The second-order valence-corrected chi connectivity index (χ2v) is 6.28. The summed E-state index contributed by atoms with van der Waals surface area (Å²) in [5, 5.41) is 16.4. The number of anilines is 2. The van der Waals surface area contributed by atoms with Crippen molar-refractivity contribution in [2.75, 3.05) is 17.2 Å². The lowest BCUT2D eigenvalue weighted by Crippen LogP contribution is -2.26. The third-order valence-corrected chi connectivity index (χ3v) is 4.29. The van der Waals surface area contributed by atoms with Crippen LogP contribution in [0, 0.1) is 17.0 Å². The van der Waals surface area contributed by atoms with Crippen molar-refractivity contribution in [1.82, 2.24) is 0 Å². The fraction of sp³-hybridized carbons (Fsp3) is 0.263. The standard InChI is InChI=1S/C19H19N3O5/c1-12-11-13(4-9-16(12)22(25)26)18(23)20-14-5-7-15(8-6-14)21-19(24)17-3-2-10-27-17/h4-9,11,17H,2-3,10H2,1H3,(H,20,23)(H,21,24)/t17-/m0/s1. The first-order valence-corrected chi connectivity index (χ1v) is 8.53. The van der Waals surface area contributed by atoms with Crippen LogP contribution in [0.2, 0.25) is 0 Å². The minimum atomic E-state index is -0.485. The number of nitrogens with zero attached hydrogens (tertiary/aromatic N) is 1. The number of hydrogen-bond donors (Lipinski definition) is 2. The summed E-state index contributed by atoms with van der Waals surface area (Å²) in [6.45, 7) is 2.19. The number of hydrogen-bond acceptors (Lipinski definition) is 5. The first-order valence-electron chi connectivity index (χ1n) is 8.53. The minimum Gasteiger partial charge on any atom is -0.368 e. The van der Waals surface area contributed by atoms with Crippen LogP contribution in [-0.4, -0.2) is 29.4 Å². The maximum Gasteiger partial charge on any atom is 0.272 e. The van der Waals surface area contributed by atoms with Crippen LogP contribution in [0.3, 0.4) is 0 Å². The SMILES string of the molecule is Cc1cc(C(=O)Nc2ccc(NC(=O)[C@@H]3CCCO3)cc2)ccc1[N+](=O)[O-]. The van der Waals surface area contributed by atoms with Gasteiger partial charge in [-0.15, -0.1) is 0 Å². The molecule has 1 saturated heterocycles. The molecular formula is C19H19N3O5. The van der Waals surface area contributed by atoms with Crippen LogP contribution in [0.1, 0.15) is 28.8 Å². The highest BCUT2D eigenvalue weighted by atomic mass is 16.6. The van der Waals surface area contributed by atoms with Gasteiger partial charge in [0.05, 0.1) is 4.92 Å². The Morgan fingerprint density at radius 2 is 1.78 bits per heavy atom. The van der Waals surface area contributed by atoms with Gasteiger partial charge in [0.25, 0.3) is 17.5 Å². The summed E-state index contributed by atoms with van der Waals surface area (Å²) in [5.74, 6) is -0.547. The summed E-state index contributed by atoms with van der Waals surface area (Å²) >= 11 is 0. The lowest BCUT2D eigenvalue weighted by atomic mass is 10.1. The number of nitrogens with one attached hydrogen (secondary N) is 2. The van der Waals surface area contributed by atoms with E-state index >= 15 is 0 Å². The van der Waals surface area contributed by atoms with Gasteiger partial charge in [0, 0.05) is 35.2 Å². The molecule has 2 N–H and O–H groups in total. The quantitative estimate of drug-likeness (QED) is 0.621. The van der Waals surface area contributed by atoms with Gasteiger partial charge in [0.2, 0.25) is 0 Å². The van der Waals surface area contributed by atoms with Gasteiger partial charge in [-0.3, -0.25) is 19.7 Å². The number of amides is 2. The molecule has 2 aromatic carbocycles. The predicted octanol–water partition coefficient (Wildman–Crippen LogP) is 3.27. The number of carbonyl (C=O) groups excluding carboxylic acids is 2. The van der Waals surface area contributed by atoms with E-state index in [0.717, 1.165) is 6.42 Å². The first-order chi connectivity index (χ1) is 12.9. The van der Waals surface area contributed by atoms with Gasteiger partial charge in [-0.1, -0.05) is 0 Å². The summed E-state index contributed by atoms with van der Waals surface area (Å²) in [5.41, 5.74) is 1.87. The summed E-state index contributed by atoms with van der Waals surface area (Å²) in [6.07, 6.45) is 1.19. The Kier molecular flexibility index (Phi) is 5.46. The van der Waals surface area contributed by atoms with Crippen LogP contribution < -0.4 is 10.6 Å². The summed E-state index contributed by atoms with van der Waals surface area (Å²) in [7, 11) is 0. The zero-order valence-electron chi connectivity index (χ0n) is 14.7. The van der Waals surface area contributed by atoms with Crippen molar-refractivity contribution in [3.05, 3.63) is 63.7 Å². The van der Waals surface area contributed by atoms with Gasteiger partial charge >= 0.3 is 0 Å². The molecular weight excluding hydrogens is 350 g/mol. The smallest absolute Gasteiger partial charge is 0.272 e. The molecule has 1 aliphatic rings. The van der Waals surface area contributed by atoms with Crippen molar-refractivity contribution in [3.63, 3.8) is 0 Å². The van der Waals surface area contributed by atoms with Crippen LogP contribution in [-0.2, 0) is 9.53 Å². The van der Waals surface area contributed by atoms with Crippen LogP contribution in [0.15, 0.2) is 42.5 Å². The van der Waals surface area contributed by atoms with E-state index in [1.807, 2.05) is 0 Å². The fourth-order valence-corrected chi connectivity index (χ4v) is 2.85. The largest absolute Gasteiger partial charge is 0.368 e. The Morgan fingerprint density at radius 1 is 1.11 bits per heavy atom. The molecule has 0 aromatic heterocycles. The summed E-state index contributed by atoms with van der Waals surface area (Å²) < 4.78 is 5.33. The van der Waals surface area contributed by atoms with E-state index in [4.69, 9.17) is 4.74 Å². The van der Waals surface area contributed by atoms with E-state index < -0.39 is 11.0 Å². The lowest BCUT2D eigenvalue weighted by molar-refractivity contribution is -0.385. The molecule has 0 aliphatic carbocycles. The third-order valence-electron chi connectivity index (χ3n) is 4.29. The molecule has 1 fully saturated rings. The molecule has 2 aromatic rings. The predicted molar refractivity (Wildman–Crippen MR) is 99.8 cm³/mol. The monoisotopic (exact) mass is 369 g/mol. The average Bonchev–Trinajstić information content (AvgIpc) is 3.17. The number of benzene rings is 2. The van der Waals surface area contributed by atoms with Gasteiger partial charge < -0.3 is 15.4 Å². The van der Waals surface area contributed by atoms with Gasteiger partial charge in [-0.25, -0.2) is 0 Å². The molecule has 0 unspecified atom stereocenters. The zero-order chi connectivity index (χ0) is 19.4. The van der Waals surface area contributed by atoms with Crippen molar-refractivity contribution in [1.29, 1.82) is 0 Å². The molecule has 2 amide bonds. The van der Waals surface area contributed by atoms with Crippen molar-refractivity contribution < 1.29 is 19.2 Å². The van der Waals surface area contributed by atoms with E-state index in [-0.39, 0.29) is 17.5 Å². The number of aryl methyl sites for hydroxylation is 1. The van der Waals surface area contributed by atoms with Crippen molar-refractivity contribution in [2.45, 2.75) is 25.9 Å². The Bertz CT molecular complexity index is 873. The number of nitro groups is 1. The second kappa shape index (κ2) is 7.96. The Hall–Kier alpha value is -3.26. The van der Waals surface area contributed by atoms with E-state index in [0.29, 0.717) is 35.5 Å². The van der Waals surface area contributed by atoms with Gasteiger partial charge in [-0.05, 0) is 56.2 Å². The van der Waals surface area contributed by atoms with Crippen molar-refractivity contribution >= 4 is 28.9 Å². The molecule has 1 heterocycles. The molecule has 1 atom stereocenters. The lowest BCUT2D eigenvalue weighted by Gasteiger charge is -2.11. The minimum absolute atomic E-state index is 0.0297. The third kappa shape index (κ3) is 4.48. The van der Waals surface area contributed by atoms with Crippen LogP contribution in [0.4, 0.5) is 17.1 Å². The number of carbonyl (C=O) groups is 2. The van der Waals surface area contributed by atoms with E-state index in [1.165, 1.54) is 18.2 Å². The molecule has 1 aliphatic heterocycles. The Labute approximate surface area is 155 Å². The number of rotatable bonds is 5. The van der Waals surface area contributed by atoms with Gasteiger partial charge in [0.1, 0.15) is 6.10 Å². The summed E-state index contributed by atoms with van der Waals surface area (Å²) in [4.78, 5) is 34.7. The number of ether oxygens (including phenoxy) is 1. The summed E-state index contributed by atoms with van der Waals surface area (Å²) in [6, 6.07) is 10.9. The van der Waals surface area contributed by atoms with Crippen LogP contribution in [0.25, 0.3) is 0 Å². The topological polar surface area (TPSA) is 111 Å². The van der Waals surface area contributed by atoms with Gasteiger partial charge in [0.15, 0.2) is 0 Å². The molecule has 8 heteroatoms. The van der Waals surface area contributed by atoms with Gasteiger partial charge in [-0.2, -0.15) is 0 Å². The zero-order valence-corrected chi connectivity index (χ0v) is 14.7. The molecule has 3 rings (SSSR count). The molecule has 140 valence electrons. The maximum atomic E-state index is 12.3. The highest BCUT2D eigenvalue weighted by Gasteiger charge is 2.23. The molecule has 0 spiro atoms. The fourth-order valence-electron chi connectivity index (χ4n) is 2.85. The van der Waals surface area contributed by atoms with Crippen molar-refractivity contribution in [3.8, 4) is 0 Å². The second-order valence-electron chi connectivity index (χ2n) is 6.28. The average molecular weight is 369 g/mol. The van der Waals surface area contributed by atoms with E-state index in [2.05, 4.69) is 10.6 Å². The van der Waals surface area contributed by atoms with E-state index in [1.54, 1.807) is 31.2 Å². The highest BCUT2D eigenvalue weighted by Crippen LogP contribution is 2.21. The normalized spacial score (nSPS) is 16.0. The van der Waals surface area contributed by atoms with Crippen LogP contribution >= 0.6 is 0 Å². The Morgan fingerprint density at radius 3 is 2.33 bits per heavy atom.